The summed E-state index contributed by atoms with van der Waals surface area (Å²) < 4.78 is 32.3. The monoisotopic (exact) mass is 285 g/mol. The summed E-state index contributed by atoms with van der Waals surface area (Å²) in [6.45, 7) is 7.62. The molecule has 0 amide bonds. The highest BCUT2D eigenvalue weighted by molar-refractivity contribution is 5.19. The molecule has 4 heteroatoms. The maximum absolute atomic E-state index is 13.3. The lowest BCUT2D eigenvalue weighted by Crippen LogP contribution is -2.43. The Morgan fingerprint density at radius 3 is 2.25 bits per heavy atom. The third-order valence-corrected chi connectivity index (χ3v) is 3.27. The average Bonchev–Trinajstić information content (AvgIpc) is 2.40. The number of benzene rings is 1. The molecule has 1 aromatic carbocycles. The lowest BCUT2D eigenvalue weighted by Gasteiger charge is -2.27. The molecule has 1 N–H and O–H groups in total. The van der Waals surface area contributed by atoms with Crippen LogP contribution >= 0.6 is 0 Å². The Hall–Kier alpha value is -1.00. The third kappa shape index (κ3) is 5.55. The van der Waals surface area contributed by atoms with Crippen LogP contribution in [0, 0.1) is 11.6 Å². The molecule has 0 aliphatic heterocycles. The number of hydrogen-bond donors (Lipinski definition) is 1. The first-order valence-corrected chi connectivity index (χ1v) is 7.40. The van der Waals surface area contributed by atoms with E-state index in [1.54, 1.807) is 0 Å². The minimum atomic E-state index is -0.529. The summed E-state index contributed by atoms with van der Waals surface area (Å²) in [4.78, 5) is 0. The normalized spacial score (nSPS) is 14.2. The van der Waals surface area contributed by atoms with Gasteiger partial charge in [-0.15, -0.1) is 0 Å². The Morgan fingerprint density at radius 2 is 1.75 bits per heavy atom. The quantitative estimate of drug-likeness (QED) is 0.747. The Bertz CT molecular complexity index is 378. The van der Waals surface area contributed by atoms with Crippen molar-refractivity contribution in [3.63, 3.8) is 0 Å². The molecule has 2 atom stereocenters. The maximum Gasteiger partial charge on any atom is 0.126 e. The second kappa shape index (κ2) is 9.03. The zero-order chi connectivity index (χ0) is 15.0. The van der Waals surface area contributed by atoms with Crippen molar-refractivity contribution >= 4 is 0 Å². The smallest absolute Gasteiger partial charge is 0.126 e. The van der Waals surface area contributed by atoms with E-state index in [2.05, 4.69) is 19.2 Å². The van der Waals surface area contributed by atoms with Crippen LogP contribution in [0.3, 0.4) is 0 Å². The number of halogens is 2. The molecular formula is C16H25F2NO. The molecule has 0 aliphatic carbocycles. The second-order valence-electron chi connectivity index (χ2n) is 4.94. The Kier molecular flexibility index (Phi) is 7.70. The fraction of sp³-hybridized carbons (Fsp3) is 0.625. The van der Waals surface area contributed by atoms with E-state index in [-0.39, 0.29) is 12.1 Å². The molecule has 0 bridgehead atoms. The van der Waals surface area contributed by atoms with Crippen molar-refractivity contribution in [2.24, 2.45) is 0 Å². The maximum atomic E-state index is 13.3. The average molecular weight is 285 g/mol. The molecule has 2 nitrogen and oxygen atoms in total. The predicted octanol–water partition coefficient (Wildman–Crippen LogP) is 3.69. The van der Waals surface area contributed by atoms with Crippen LogP contribution in [-0.2, 0) is 11.2 Å². The van der Waals surface area contributed by atoms with E-state index < -0.39 is 11.6 Å². The van der Waals surface area contributed by atoms with E-state index in [1.807, 2.05) is 6.92 Å². The zero-order valence-corrected chi connectivity index (χ0v) is 12.6. The largest absolute Gasteiger partial charge is 0.377 e. The number of nitrogens with one attached hydrogen (secondary N) is 1. The standard InChI is InChI=1S/C16H25F2NO/c1-4-7-19-15(16(5-2)20-6-3)10-12-8-13(17)11-14(18)9-12/h8-9,11,15-16,19H,4-7,10H2,1-3H3. The molecule has 0 aliphatic rings. The van der Waals surface area contributed by atoms with E-state index >= 15 is 0 Å². The molecule has 0 radical (unpaired) electrons. The highest BCUT2D eigenvalue weighted by Crippen LogP contribution is 2.14. The van der Waals surface area contributed by atoms with Crippen molar-refractivity contribution in [3.05, 3.63) is 35.4 Å². The molecular weight excluding hydrogens is 260 g/mol. The molecule has 2 unspecified atom stereocenters. The second-order valence-corrected chi connectivity index (χ2v) is 4.94. The van der Waals surface area contributed by atoms with Crippen LogP contribution < -0.4 is 5.32 Å². The van der Waals surface area contributed by atoms with E-state index in [0.717, 1.165) is 25.5 Å². The van der Waals surface area contributed by atoms with Crippen molar-refractivity contribution < 1.29 is 13.5 Å². The van der Waals surface area contributed by atoms with Crippen molar-refractivity contribution in [1.29, 1.82) is 0 Å². The van der Waals surface area contributed by atoms with E-state index in [1.165, 1.54) is 12.1 Å². The lowest BCUT2D eigenvalue weighted by molar-refractivity contribution is 0.0319. The molecule has 1 aromatic rings. The molecule has 0 saturated heterocycles. The van der Waals surface area contributed by atoms with Crippen molar-refractivity contribution in [3.8, 4) is 0 Å². The molecule has 0 saturated carbocycles. The number of ether oxygens (including phenoxy) is 1. The highest BCUT2D eigenvalue weighted by Gasteiger charge is 2.20. The van der Waals surface area contributed by atoms with E-state index in [0.29, 0.717) is 18.6 Å². The molecule has 0 spiro atoms. The van der Waals surface area contributed by atoms with Gasteiger partial charge >= 0.3 is 0 Å². The summed E-state index contributed by atoms with van der Waals surface area (Å²) in [5.74, 6) is -1.06. The minimum absolute atomic E-state index is 0.0536. The third-order valence-electron chi connectivity index (χ3n) is 3.27. The first kappa shape index (κ1) is 17.1. The molecule has 0 aromatic heterocycles. The molecule has 0 heterocycles. The van der Waals surface area contributed by atoms with Crippen molar-refractivity contribution in [1.82, 2.24) is 5.32 Å². The van der Waals surface area contributed by atoms with Crippen molar-refractivity contribution in [2.75, 3.05) is 13.2 Å². The fourth-order valence-corrected chi connectivity index (χ4v) is 2.38. The summed E-state index contributed by atoms with van der Waals surface area (Å²) in [5, 5.41) is 3.42. The van der Waals surface area contributed by atoms with Gasteiger partial charge in [-0.2, -0.15) is 0 Å². The first-order valence-electron chi connectivity index (χ1n) is 7.40. The topological polar surface area (TPSA) is 21.3 Å². The van der Waals surface area contributed by atoms with Gasteiger partial charge < -0.3 is 10.1 Å². The van der Waals surface area contributed by atoms with Gasteiger partial charge in [0, 0.05) is 18.7 Å². The minimum Gasteiger partial charge on any atom is -0.377 e. The van der Waals surface area contributed by atoms with Crippen LogP contribution in [0.25, 0.3) is 0 Å². The summed E-state index contributed by atoms with van der Waals surface area (Å²) in [7, 11) is 0. The van der Waals surface area contributed by atoms with Gasteiger partial charge in [0.15, 0.2) is 0 Å². The SMILES string of the molecule is CCCNC(Cc1cc(F)cc(F)c1)C(CC)OCC. The summed E-state index contributed by atoms with van der Waals surface area (Å²) in [6.07, 6.45) is 2.49. The van der Waals surface area contributed by atoms with Crippen LogP contribution in [-0.4, -0.2) is 25.3 Å². The first-order chi connectivity index (χ1) is 9.60. The summed E-state index contributed by atoms with van der Waals surface area (Å²) in [5.41, 5.74) is 0.661. The van der Waals surface area contributed by atoms with Crippen LogP contribution in [0.5, 0.6) is 0 Å². The summed E-state index contributed by atoms with van der Waals surface area (Å²) in [6, 6.07) is 3.75. The van der Waals surface area contributed by atoms with Crippen LogP contribution in [0.15, 0.2) is 18.2 Å². The van der Waals surface area contributed by atoms with Gasteiger partial charge in [-0.1, -0.05) is 13.8 Å². The van der Waals surface area contributed by atoms with Crippen molar-refractivity contribution in [2.45, 2.75) is 52.2 Å². The van der Waals surface area contributed by atoms with Gasteiger partial charge in [-0.05, 0) is 50.4 Å². The summed E-state index contributed by atoms with van der Waals surface area (Å²) >= 11 is 0. The zero-order valence-electron chi connectivity index (χ0n) is 12.6. The van der Waals surface area contributed by atoms with Gasteiger partial charge in [0.05, 0.1) is 6.10 Å². The van der Waals surface area contributed by atoms with Gasteiger partial charge in [0.2, 0.25) is 0 Å². The van der Waals surface area contributed by atoms with Crippen LogP contribution in [0.1, 0.15) is 39.2 Å². The molecule has 114 valence electrons. The Balaban J connectivity index is 2.81. The van der Waals surface area contributed by atoms with Crippen LogP contribution in [0.2, 0.25) is 0 Å². The van der Waals surface area contributed by atoms with E-state index in [9.17, 15) is 8.78 Å². The Morgan fingerprint density at radius 1 is 1.10 bits per heavy atom. The lowest BCUT2D eigenvalue weighted by atomic mass is 9.99. The number of hydrogen-bond acceptors (Lipinski definition) is 2. The molecule has 20 heavy (non-hydrogen) atoms. The van der Waals surface area contributed by atoms with E-state index in [4.69, 9.17) is 4.74 Å². The highest BCUT2D eigenvalue weighted by atomic mass is 19.1. The number of rotatable bonds is 9. The van der Waals surface area contributed by atoms with Gasteiger partial charge in [-0.25, -0.2) is 8.78 Å². The van der Waals surface area contributed by atoms with Gasteiger partial charge in [0.25, 0.3) is 0 Å². The fourth-order valence-electron chi connectivity index (χ4n) is 2.38. The van der Waals surface area contributed by atoms with Crippen LogP contribution in [0.4, 0.5) is 8.78 Å². The Labute approximate surface area is 120 Å². The molecule has 1 rings (SSSR count). The molecule has 0 fully saturated rings. The predicted molar refractivity (Wildman–Crippen MR) is 77.8 cm³/mol. The van der Waals surface area contributed by atoms with Gasteiger partial charge in [-0.3, -0.25) is 0 Å². The van der Waals surface area contributed by atoms with Gasteiger partial charge in [0.1, 0.15) is 11.6 Å².